The van der Waals surface area contributed by atoms with E-state index in [1.54, 1.807) is 17.4 Å². The van der Waals surface area contributed by atoms with Gasteiger partial charge in [0.2, 0.25) is 5.91 Å². The third kappa shape index (κ3) is 4.26. The van der Waals surface area contributed by atoms with E-state index in [0.29, 0.717) is 0 Å². The largest absolute Gasteiger partial charge is 0.322 e. The topological polar surface area (TPSA) is 42.0 Å². The summed E-state index contributed by atoms with van der Waals surface area (Å²) in [6, 6.07) is 7.89. The Morgan fingerprint density at radius 2 is 2.00 bits per heavy atom. The fourth-order valence-electron chi connectivity index (χ4n) is 2.04. The quantitative estimate of drug-likeness (QED) is 0.854. The molecule has 2 rings (SSSR count). The molecule has 0 bridgehead atoms. The fourth-order valence-corrected chi connectivity index (χ4v) is 2.62. The zero-order valence-corrected chi connectivity index (χ0v) is 13.6. The molecule has 0 fully saturated rings. The SMILES string of the molecule is Cc1nc(/C=C/C(=O)Nc2ccccc2C(C)(C)C)cs1. The second-order valence-corrected chi connectivity index (χ2v) is 6.97. The number of hydrogen-bond acceptors (Lipinski definition) is 3. The summed E-state index contributed by atoms with van der Waals surface area (Å²) in [7, 11) is 0. The van der Waals surface area contributed by atoms with E-state index in [4.69, 9.17) is 0 Å². The number of aryl methyl sites for hydroxylation is 1. The first-order valence-electron chi connectivity index (χ1n) is 6.87. The Hall–Kier alpha value is -1.94. The van der Waals surface area contributed by atoms with Gasteiger partial charge in [-0.3, -0.25) is 4.79 Å². The number of anilines is 1. The van der Waals surface area contributed by atoms with E-state index < -0.39 is 0 Å². The summed E-state index contributed by atoms with van der Waals surface area (Å²) in [6.45, 7) is 8.34. The van der Waals surface area contributed by atoms with Crippen LogP contribution in [0.4, 0.5) is 5.69 Å². The lowest BCUT2D eigenvalue weighted by Gasteiger charge is -2.22. The van der Waals surface area contributed by atoms with Gasteiger partial charge in [-0.1, -0.05) is 39.0 Å². The van der Waals surface area contributed by atoms with Gasteiger partial charge in [-0.05, 0) is 30.0 Å². The van der Waals surface area contributed by atoms with Gasteiger partial charge < -0.3 is 5.32 Å². The molecule has 2 aromatic rings. The molecule has 0 atom stereocenters. The minimum absolute atomic E-state index is 0.0143. The van der Waals surface area contributed by atoms with Crippen LogP contribution in [0.1, 0.15) is 37.0 Å². The first-order chi connectivity index (χ1) is 9.86. The Kier molecular flexibility index (Phi) is 4.58. The fraction of sp³-hybridized carbons (Fsp3) is 0.294. The monoisotopic (exact) mass is 300 g/mol. The average molecular weight is 300 g/mol. The van der Waals surface area contributed by atoms with Crippen LogP contribution in [-0.2, 0) is 10.2 Å². The van der Waals surface area contributed by atoms with E-state index in [1.807, 2.05) is 36.6 Å². The summed E-state index contributed by atoms with van der Waals surface area (Å²) in [4.78, 5) is 16.3. The predicted molar refractivity (Wildman–Crippen MR) is 89.7 cm³/mol. The Labute approximate surface area is 129 Å². The molecule has 0 unspecified atom stereocenters. The molecule has 1 aromatic carbocycles. The average Bonchev–Trinajstić information content (AvgIpc) is 2.82. The van der Waals surface area contributed by atoms with Crippen molar-refractivity contribution in [3.63, 3.8) is 0 Å². The molecule has 1 N–H and O–H groups in total. The summed E-state index contributed by atoms with van der Waals surface area (Å²) in [5.74, 6) is -0.141. The number of amides is 1. The number of nitrogens with zero attached hydrogens (tertiary/aromatic N) is 1. The first kappa shape index (κ1) is 15.4. The Bertz CT molecular complexity index is 665. The third-order valence-electron chi connectivity index (χ3n) is 3.04. The molecular formula is C17H20N2OS. The summed E-state index contributed by atoms with van der Waals surface area (Å²) in [6.07, 6.45) is 3.26. The van der Waals surface area contributed by atoms with Crippen molar-refractivity contribution in [1.82, 2.24) is 4.98 Å². The third-order valence-corrected chi connectivity index (χ3v) is 3.83. The van der Waals surface area contributed by atoms with Crippen molar-refractivity contribution in [2.45, 2.75) is 33.1 Å². The van der Waals surface area contributed by atoms with Crippen LogP contribution in [0.2, 0.25) is 0 Å². The summed E-state index contributed by atoms with van der Waals surface area (Å²) >= 11 is 1.57. The lowest BCUT2D eigenvalue weighted by atomic mass is 9.86. The van der Waals surface area contributed by atoms with Crippen LogP contribution >= 0.6 is 11.3 Å². The number of carbonyl (C=O) groups is 1. The predicted octanol–water partition coefficient (Wildman–Crippen LogP) is 4.40. The second-order valence-electron chi connectivity index (χ2n) is 5.91. The smallest absolute Gasteiger partial charge is 0.248 e. The molecule has 0 spiro atoms. The number of nitrogens with one attached hydrogen (secondary N) is 1. The maximum Gasteiger partial charge on any atom is 0.248 e. The van der Waals surface area contributed by atoms with Gasteiger partial charge in [0, 0.05) is 17.1 Å². The molecule has 110 valence electrons. The van der Waals surface area contributed by atoms with Crippen molar-refractivity contribution in [1.29, 1.82) is 0 Å². The molecule has 0 aliphatic carbocycles. The van der Waals surface area contributed by atoms with E-state index in [-0.39, 0.29) is 11.3 Å². The minimum Gasteiger partial charge on any atom is -0.322 e. The molecular weight excluding hydrogens is 280 g/mol. The molecule has 1 amide bonds. The van der Waals surface area contributed by atoms with Crippen molar-refractivity contribution >= 4 is 29.0 Å². The van der Waals surface area contributed by atoms with Gasteiger partial charge in [-0.2, -0.15) is 0 Å². The number of rotatable bonds is 3. The van der Waals surface area contributed by atoms with Gasteiger partial charge >= 0.3 is 0 Å². The molecule has 3 nitrogen and oxygen atoms in total. The Balaban J connectivity index is 2.12. The van der Waals surface area contributed by atoms with Crippen molar-refractivity contribution in [3.05, 3.63) is 52.0 Å². The number of para-hydroxylation sites is 1. The molecule has 0 radical (unpaired) electrons. The lowest BCUT2D eigenvalue weighted by Crippen LogP contribution is -2.17. The zero-order valence-electron chi connectivity index (χ0n) is 12.8. The maximum atomic E-state index is 12.0. The van der Waals surface area contributed by atoms with E-state index >= 15 is 0 Å². The van der Waals surface area contributed by atoms with Crippen LogP contribution in [-0.4, -0.2) is 10.9 Å². The minimum atomic E-state index is -0.141. The van der Waals surface area contributed by atoms with Crippen molar-refractivity contribution in [3.8, 4) is 0 Å². The Morgan fingerprint density at radius 3 is 2.62 bits per heavy atom. The molecule has 4 heteroatoms. The highest BCUT2D eigenvalue weighted by atomic mass is 32.1. The highest BCUT2D eigenvalue weighted by molar-refractivity contribution is 7.09. The highest BCUT2D eigenvalue weighted by Crippen LogP contribution is 2.29. The number of thiazole rings is 1. The number of hydrogen-bond donors (Lipinski definition) is 1. The van der Waals surface area contributed by atoms with Crippen molar-refractivity contribution in [2.75, 3.05) is 5.32 Å². The van der Waals surface area contributed by atoms with Crippen LogP contribution in [0.25, 0.3) is 6.08 Å². The summed E-state index contributed by atoms with van der Waals surface area (Å²) < 4.78 is 0. The highest BCUT2D eigenvalue weighted by Gasteiger charge is 2.17. The standard InChI is InChI=1S/C17H20N2OS/c1-12-18-13(11-21-12)9-10-16(20)19-15-8-6-5-7-14(15)17(2,3)4/h5-11H,1-4H3,(H,19,20)/b10-9+. The van der Waals surface area contributed by atoms with Crippen molar-refractivity contribution < 1.29 is 4.79 Å². The molecule has 0 aliphatic rings. The van der Waals surface area contributed by atoms with Crippen LogP contribution in [0.15, 0.2) is 35.7 Å². The lowest BCUT2D eigenvalue weighted by molar-refractivity contribution is -0.111. The molecule has 0 aliphatic heterocycles. The van der Waals surface area contributed by atoms with Crippen LogP contribution in [0.5, 0.6) is 0 Å². The molecule has 0 saturated heterocycles. The second kappa shape index (κ2) is 6.22. The van der Waals surface area contributed by atoms with Gasteiger partial charge in [-0.15, -0.1) is 11.3 Å². The van der Waals surface area contributed by atoms with Gasteiger partial charge in [0.25, 0.3) is 0 Å². The van der Waals surface area contributed by atoms with Crippen LogP contribution < -0.4 is 5.32 Å². The van der Waals surface area contributed by atoms with E-state index in [1.165, 1.54) is 6.08 Å². The summed E-state index contributed by atoms with van der Waals surface area (Å²) in [5, 5.41) is 5.87. The molecule has 1 aromatic heterocycles. The van der Waals surface area contributed by atoms with Gasteiger partial charge in [-0.25, -0.2) is 4.98 Å². The van der Waals surface area contributed by atoms with Gasteiger partial charge in [0.15, 0.2) is 0 Å². The van der Waals surface area contributed by atoms with Crippen molar-refractivity contribution in [2.24, 2.45) is 0 Å². The zero-order chi connectivity index (χ0) is 15.5. The number of carbonyl (C=O) groups excluding carboxylic acids is 1. The van der Waals surface area contributed by atoms with E-state index in [2.05, 4.69) is 31.1 Å². The number of aromatic nitrogens is 1. The number of benzene rings is 1. The van der Waals surface area contributed by atoms with E-state index in [0.717, 1.165) is 22.0 Å². The molecule has 0 saturated carbocycles. The molecule has 1 heterocycles. The van der Waals surface area contributed by atoms with E-state index in [9.17, 15) is 4.79 Å². The normalized spacial score (nSPS) is 11.8. The Morgan fingerprint density at radius 1 is 1.29 bits per heavy atom. The van der Waals surface area contributed by atoms with Crippen LogP contribution in [0.3, 0.4) is 0 Å². The molecule has 21 heavy (non-hydrogen) atoms. The first-order valence-corrected chi connectivity index (χ1v) is 7.75. The summed E-state index contributed by atoms with van der Waals surface area (Å²) in [5.41, 5.74) is 2.78. The van der Waals surface area contributed by atoms with Crippen LogP contribution in [0, 0.1) is 6.92 Å². The maximum absolute atomic E-state index is 12.0. The van der Waals surface area contributed by atoms with Gasteiger partial charge in [0.05, 0.1) is 10.7 Å². The van der Waals surface area contributed by atoms with Gasteiger partial charge in [0.1, 0.15) is 0 Å².